The summed E-state index contributed by atoms with van der Waals surface area (Å²) in [6.07, 6.45) is 1.06. The van der Waals surface area contributed by atoms with Crippen LogP contribution in [0.5, 0.6) is 0 Å². The third-order valence-electron chi connectivity index (χ3n) is 0.976. The number of halogens is 1. The molecule has 52 valence electrons. The Balaban J connectivity index is 4.13. The van der Waals surface area contributed by atoms with Crippen LogP contribution in [-0.2, 0) is 4.79 Å². The Kier molecular flexibility index (Phi) is 2.88. The molecule has 0 rings (SSSR count). The van der Waals surface area contributed by atoms with Gasteiger partial charge < -0.3 is 5.11 Å². The normalized spacial score (nSPS) is 16.3. The van der Waals surface area contributed by atoms with E-state index in [0.29, 0.717) is 0 Å². The van der Waals surface area contributed by atoms with Crippen LogP contribution in [0.4, 0.5) is 0 Å². The number of carbonyl (C=O) groups is 1. The van der Waals surface area contributed by atoms with E-state index in [1.165, 1.54) is 6.92 Å². The summed E-state index contributed by atoms with van der Waals surface area (Å²) in [5.41, 5.74) is -1.44. The van der Waals surface area contributed by atoms with Crippen molar-refractivity contribution in [3.8, 4) is 0 Å². The lowest BCUT2D eigenvalue weighted by Gasteiger charge is -2.14. The molecule has 0 fully saturated rings. The average molecular weight is 149 g/mol. The molecule has 0 aromatic heterocycles. The Hall–Kier alpha value is -0.340. The summed E-state index contributed by atoms with van der Waals surface area (Å²) in [6, 6.07) is 0. The lowest BCUT2D eigenvalue weighted by atomic mass is 10.0. The SMILES string of the molecule is C=CC(=O)C(C)(O)CCl. The summed E-state index contributed by atoms with van der Waals surface area (Å²) < 4.78 is 0. The molecule has 2 nitrogen and oxygen atoms in total. The fraction of sp³-hybridized carbons (Fsp3) is 0.500. The molecule has 9 heavy (non-hydrogen) atoms. The van der Waals surface area contributed by atoms with Gasteiger partial charge >= 0.3 is 0 Å². The minimum Gasteiger partial charge on any atom is -0.381 e. The van der Waals surface area contributed by atoms with Crippen LogP contribution in [0.2, 0.25) is 0 Å². The zero-order chi connectivity index (χ0) is 7.49. The van der Waals surface area contributed by atoms with E-state index in [2.05, 4.69) is 6.58 Å². The van der Waals surface area contributed by atoms with Crippen LogP contribution in [-0.4, -0.2) is 22.4 Å². The predicted molar refractivity (Wildman–Crippen MR) is 36.5 cm³/mol. The van der Waals surface area contributed by atoms with Gasteiger partial charge in [-0.25, -0.2) is 0 Å². The van der Waals surface area contributed by atoms with Crippen LogP contribution in [0, 0.1) is 0 Å². The number of aliphatic hydroxyl groups is 1. The van der Waals surface area contributed by atoms with Crippen molar-refractivity contribution in [1.29, 1.82) is 0 Å². The van der Waals surface area contributed by atoms with Crippen molar-refractivity contribution in [2.75, 3.05) is 5.88 Å². The maximum atomic E-state index is 10.6. The number of carbonyl (C=O) groups excluding carboxylic acids is 1. The summed E-state index contributed by atoms with van der Waals surface area (Å²) in [5.74, 6) is -0.546. The van der Waals surface area contributed by atoms with E-state index in [-0.39, 0.29) is 5.88 Å². The molecule has 0 radical (unpaired) electrons. The molecule has 0 aliphatic heterocycles. The zero-order valence-corrected chi connectivity index (χ0v) is 5.98. The summed E-state index contributed by atoms with van der Waals surface area (Å²) in [7, 11) is 0. The highest BCUT2D eigenvalue weighted by Gasteiger charge is 2.25. The first-order chi connectivity index (χ1) is 4.04. The highest BCUT2D eigenvalue weighted by atomic mass is 35.5. The van der Waals surface area contributed by atoms with Crippen LogP contribution >= 0.6 is 11.6 Å². The molecule has 0 heterocycles. The number of rotatable bonds is 3. The highest BCUT2D eigenvalue weighted by molar-refractivity contribution is 6.21. The second kappa shape index (κ2) is 2.99. The molecular weight excluding hydrogens is 140 g/mol. The lowest BCUT2D eigenvalue weighted by molar-refractivity contribution is -0.128. The molecule has 0 amide bonds. The summed E-state index contributed by atoms with van der Waals surface area (Å²) in [6.45, 7) is 4.56. The molecule has 0 saturated heterocycles. The molecule has 0 bridgehead atoms. The molecule has 0 aliphatic rings. The summed E-state index contributed by atoms with van der Waals surface area (Å²) >= 11 is 5.25. The Morgan fingerprint density at radius 3 is 2.56 bits per heavy atom. The first kappa shape index (κ1) is 8.66. The van der Waals surface area contributed by atoms with Gasteiger partial charge in [0, 0.05) is 0 Å². The van der Waals surface area contributed by atoms with Crippen molar-refractivity contribution >= 4 is 17.4 Å². The van der Waals surface area contributed by atoms with E-state index in [1.807, 2.05) is 0 Å². The van der Waals surface area contributed by atoms with E-state index in [1.54, 1.807) is 0 Å². The third-order valence-corrected chi connectivity index (χ3v) is 1.50. The van der Waals surface area contributed by atoms with Crippen LogP contribution in [0.15, 0.2) is 12.7 Å². The van der Waals surface area contributed by atoms with Crippen LogP contribution < -0.4 is 0 Å². The van der Waals surface area contributed by atoms with Gasteiger partial charge in [0.2, 0.25) is 0 Å². The topological polar surface area (TPSA) is 37.3 Å². The summed E-state index contributed by atoms with van der Waals surface area (Å²) in [4.78, 5) is 10.6. The van der Waals surface area contributed by atoms with Crippen molar-refractivity contribution in [2.24, 2.45) is 0 Å². The van der Waals surface area contributed by atoms with E-state index < -0.39 is 11.4 Å². The Labute approximate surface area is 59.1 Å². The Morgan fingerprint density at radius 1 is 2.00 bits per heavy atom. The lowest BCUT2D eigenvalue weighted by Crippen LogP contribution is -2.35. The number of hydrogen-bond donors (Lipinski definition) is 1. The quantitative estimate of drug-likeness (QED) is 0.473. The van der Waals surface area contributed by atoms with E-state index in [0.717, 1.165) is 6.08 Å². The second-order valence-corrected chi connectivity index (χ2v) is 2.24. The van der Waals surface area contributed by atoms with E-state index in [4.69, 9.17) is 16.7 Å². The maximum absolute atomic E-state index is 10.6. The van der Waals surface area contributed by atoms with Crippen molar-refractivity contribution in [3.05, 3.63) is 12.7 Å². The van der Waals surface area contributed by atoms with Gasteiger partial charge in [0.05, 0.1) is 5.88 Å². The molecule has 1 unspecified atom stereocenters. The first-order valence-electron chi connectivity index (χ1n) is 2.50. The second-order valence-electron chi connectivity index (χ2n) is 1.98. The number of ketones is 1. The molecule has 0 aromatic carbocycles. The molecule has 1 atom stereocenters. The van der Waals surface area contributed by atoms with E-state index in [9.17, 15) is 4.79 Å². The van der Waals surface area contributed by atoms with Gasteiger partial charge in [-0.2, -0.15) is 0 Å². The minimum absolute atomic E-state index is 0.0994. The van der Waals surface area contributed by atoms with Crippen molar-refractivity contribution in [1.82, 2.24) is 0 Å². The largest absolute Gasteiger partial charge is 0.381 e. The smallest absolute Gasteiger partial charge is 0.187 e. The van der Waals surface area contributed by atoms with Gasteiger partial charge in [0.25, 0.3) is 0 Å². The zero-order valence-electron chi connectivity index (χ0n) is 5.22. The molecule has 3 heteroatoms. The molecular formula is C6H9ClO2. The summed E-state index contributed by atoms with van der Waals surface area (Å²) in [5, 5.41) is 9.04. The van der Waals surface area contributed by atoms with Gasteiger partial charge in [0.1, 0.15) is 5.60 Å². The fourth-order valence-electron chi connectivity index (χ4n) is 0.286. The number of hydrogen-bond acceptors (Lipinski definition) is 2. The van der Waals surface area contributed by atoms with Crippen LogP contribution in [0.3, 0.4) is 0 Å². The van der Waals surface area contributed by atoms with Gasteiger partial charge in [0.15, 0.2) is 5.78 Å². The fourth-order valence-corrected chi connectivity index (χ4v) is 0.417. The van der Waals surface area contributed by atoms with Gasteiger partial charge in [-0.15, -0.1) is 11.6 Å². The first-order valence-corrected chi connectivity index (χ1v) is 3.03. The van der Waals surface area contributed by atoms with E-state index >= 15 is 0 Å². The van der Waals surface area contributed by atoms with Gasteiger partial charge in [-0.3, -0.25) is 4.79 Å². The van der Waals surface area contributed by atoms with Crippen molar-refractivity contribution in [2.45, 2.75) is 12.5 Å². The number of alkyl halides is 1. The average Bonchev–Trinajstić information content (AvgIpc) is 1.86. The molecule has 0 aromatic rings. The maximum Gasteiger partial charge on any atom is 0.187 e. The van der Waals surface area contributed by atoms with Gasteiger partial charge in [-0.05, 0) is 13.0 Å². The Morgan fingerprint density at radius 2 is 2.44 bits per heavy atom. The van der Waals surface area contributed by atoms with Crippen LogP contribution in [0.25, 0.3) is 0 Å². The highest BCUT2D eigenvalue weighted by Crippen LogP contribution is 2.06. The van der Waals surface area contributed by atoms with Crippen molar-refractivity contribution in [3.63, 3.8) is 0 Å². The Bertz CT molecular complexity index is 129. The third kappa shape index (κ3) is 2.16. The predicted octanol–water partition coefficient (Wildman–Crippen LogP) is 0.731. The molecule has 0 spiro atoms. The van der Waals surface area contributed by atoms with Gasteiger partial charge in [-0.1, -0.05) is 6.58 Å². The molecule has 0 aliphatic carbocycles. The van der Waals surface area contributed by atoms with Crippen LogP contribution in [0.1, 0.15) is 6.92 Å². The standard InChI is InChI=1S/C6H9ClO2/c1-3-5(8)6(2,9)4-7/h3,9H,1,4H2,2H3. The van der Waals surface area contributed by atoms with Crippen molar-refractivity contribution < 1.29 is 9.90 Å². The monoisotopic (exact) mass is 148 g/mol. The minimum atomic E-state index is -1.44. The molecule has 0 saturated carbocycles. The molecule has 1 N–H and O–H groups in total.